The average molecular weight is 264 g/mol. The van der Waals surface area contributed by atoms with Gasteiger partial charge in [-0.15, -0.1) is 0 Å². The lowest BCUT2D eigenvalue weighted by Gasteiger charge is -2.26. The number of nitrogens with one attached hydrogen (secondary N) is 1. The number of carbonyl (C=O) groups is 1. The normalized spacial score (nSPS) is 12.3. The first-order valence-electron chi connectivity index (χ1n) is 6.73. The number of hydrogen-bond acceptors (Lipinski definition) is 4. The number of esters is 1. The maximum atomic E-state index is 11.9. The van der Waals surface area contributed by atoms with Gasteiger partial charge in [0, 0.05) is 25.3 Å². The number of hydrogen-bond donors (Lipinski definition) is 1. The van der Waals surface area contributed by atoms with Gasteiger partial charge in [0.2, 0.25) is 0 Å². The molecule has 0 aliphatic rings. The van der Waals surface area contributed by atoms with Crippen molar-refractivity contribution in [2.24, 2.45) is 0 Å². The van der Waals surface area contributed by atoms with E-state index in [9.17, 15) is 4.79 Å². The van der Waals surface area contributed by atoms with Crippen molar-refractivity contribution in [1.82, 2.24) is 5.32 Å². The number of para-hydroxylation sites is 1. The molecule has 1 aromatic rings. The Morgan fingerprint density at radius 3 is 2.47 bits per heavy atom. The molecule has 0 heterocycles. The van der Waals surface area contributed by atoms with Crippen molar-refractivity contribution in [2.45, 2.75) is 32.9 Å². The number of carbonyl (C=O) groups excluding carboxylic acids is 1. The van der Waals surface area contributed by atoms with E-state index in [1.807, 2.05) is 58.2 Å². The molecule has 0 radical (unpaired) electrons. The van der Waals surface area contributed by atoms with E-state index in [1.54, 1.807) is 0 Å². The third-order valence-electron chi connectivity index (χ3n) is 2.76. The minimum atomic E-state index is -0.315. The molecule has 1 unspecified atom stereocenters. The molecule has 0 amide bonds. The average Bonchev–Trinajstić information content (AvgIpc) is 2.38. The summed E-state index contributed by atoms with van der Waals surface area (Å²) in [6, 6.07) is 9.92. The molecule has 106 valence electrons. The Morgan fingerprint density at radius 2 is 1.95 bits per heavy atom. The fraction of sp³-hybridized carbons (Fsp3) is 0.533. The molecule has 1 N–H and O–H groups in total. The lowest BCUT2D eigenvalue weighted by molar-refractivity contribution is -0.145. The molecule has 0 fully saturated rings. The fourth-order valence-electron chi connectivity index (χ4n) is 1.90. The number of ether oxygens (including phenoxy) is 1. The molecule has 0 aliphatic carbocycles. The van der Waals surface area contributed by atoms with Gasteiger partial charge in [0.05, 0.1) is 6.61 Å². The van der Waals surface area contributed by atoms with Gasteiger partial charge >= 0.3 is 5.97 Å². The number of benzene rings is 1. The van der Waals surface area contributed by atoms with Crippen molar-refractivity contribution in [1.29, 1.82) is 0 Å². The van der Waals surface area contributed by atoms with Gasteiger partial charge in [-0.1, -0.05) is 32.0 Å². The second kappa shape index (κ2) is 7.79. The Hall–Kier alpha value is -1.55. The Kier molecular flexibility index (Phi) is 6.36. The topological polar surface area (TPSA) is 41.6 Å². The summed E-state index contributed by atoms with van der Waals surface area (Å²) < 4.78 is 5.11. The van der Waals surface area contributed by atoms with Gasteiger partial charge in [0.15, 0.2) is 0 Å². The van der Waals surface area contributed by atoms with Gasteiger partial charge in [-0.3, -0.25) is 4.79 Å². The first kappa shape index (κ1) is 15.5. The van der Waals surface area contributed by atoms with Crippen LogP contribution in [0.5, 0.6) is 0 Å². The molecular formula is C15H24N2O2. The molecule has 0 spiro atoms. The van der Waals surface area contributed by atoms with Gasteiger partial charge in [-0.25, -0.2) is 0 Å². The number of likely N-dealkylation sites (N-methyl/N-ethyl adjacent to an activating group) is 1. The third kappa shape index (κ3) is 5.30. The van der Waals surface area contributed by atoms with Crippen LogP contribution in [-0.2, 0) is 9.53 Å². The van der Waals surface area contributed by atoms with E-state index in [0.717, 1.165) is 5.69 Å². The smallest absolute Gasteiger partial charge is 0.324 e. The molecule has 0 aromatic heterocycles. The second-order valence-corrected chi connectivity index (χ2v) is 4.84. The molecule has 19 heavy (non-hydrogen) atoms. The summed E-state index contributed by atoms with van der Waals surface area (Å²) in [4.78, 5) is 14.0. The zero-order valence-corrected chi connectivity index (χ0v) is 12.2. The van der Waals surface area contributed by atoms with Crippen LogP contribution in [0.1, 0.15) is 20.8 Å². The predicted octanol–water partition coefficient (Wildman–Crippen LogP) is 2.05. The van der Waals surface area contributed by atoms with Crippen molar-refractivity contribution in [3.63, 3.8) is 0 Å². The largest absolute Gasteiger partial charge is 0.465 e. The molecule has 4 nitrogen and oxygen atoms in total. The highest BCUT2D eigenvalue weighted by molar-refractivity contribution is 5.76. The molecule has 0 aliphatic heterocycles. The highest BCUT2D eigenvalue weighted by atomic mass is 16.5. The maximum absolute atomic E-state index is 11.9. The van der Waals surface area contributed by atoms with Crippen LogP contribution in [-0.4, -0.2) is 38.3 Å². The number of nitrogens with zero attached hydrogens (tertiary/aromatic N) is 1. The van der Waals surface area contributed by atoms with Crippen LogP contribution in [0.2, 0.25) is 0 Å². The van der Waals surface area contributed by atoms with Crippen LogP contribution in [0.15, 0.2) is 30.3 Å². The summed E-state index contributed by atoms with van der Waals surface area (Å²) in [7, 11) is 1.98. The molecule has 1 rings (SSSR count). The van der Waals surface area contributed by atoms with Crippen molar-refractivity contribution >= 4 is 11.7 Å². The van der Waals surface area contributed by atoms with Gasteiger partial charge in [0.25, 0.3) is 0 Å². The predicted molar refractivity (Wildman–Crippen MR) is 78.4 cm³/mol. The highest BCUT2D eigenvalue weighted by Gasteiger charge is 2.22. The van der Waals surface area contributed by atoms with E-state index >= 15 is 0 Å². The van der Waals surface area contributed by atoms with Crippen LogP contribution in [0.25, 0.3) is 0 Å². The van der Waals surface area contributed by atoms with Gasteiger partial charge < -0.3 is 15.0 Å². The van der Waals surface area contributed by atoms with Crippen molar-refractivity contribution in [2.75, 3.05) is 25.1 Å². The maximum Gasteiger partial charge on any atom is 0.324 e. The van der Waals surface area contributed by atoms with E-state index < -0.39 is 0 Å². The summed E-state index contributed by atoms with van der Waals surface area (Å²) in [5.74, 6) is -0.195. The monoisotopic (exact) mass is 264 g/mol. The summed E-state index contributed by atoms with van der Waals surface area (Å²) >= 11 is 0. The number of anilines is 1. The highest BCUT2D eigenvalue weighted by Crippen LogP contribution is 2.11. The summed E-state index contributed by atoms with van der Waals surface area (Å²) in [6.45, 7) is 6.86. The van der Waals surface area contributed by atoms with Crippen LogP contribution >= 0.6 is 0 Å². The molecule has 0 bridgehead atoms. The van der Waals surface area contributed by atoms with Crippen LogP contribution in [0.4, 0.5) is 5.69 Å². The van der Waals surface area contributed by atoms with E-state index in [0.29, 0.717) is 13.2 Å². The van der Waals surface area contributed by atoms with Gasteiger partial charge in [-0.05, 0) is 19.1 Å². The van der Waals surface area contributed by atoms with E-state index in [-0.39, 0.29) is 18.1 Å². The zero-order valence-electron chi connectivity index (χ0n) is 12.2. The first-order valence-corrected chi connectivity index (χ1v) is 6.73. The molecule has 0 saturated heterocycles. The lowest BCUT2D eigenvalue weighted by atomic mass is 10.2. The Bertz CT molecular complexity index is 379. The van der Waals surface area contributed by atoms with E-state index in [4.69, 9.17) is 4.74 Å². The molecule has 1 atom stereocenters. The molecule has 1 aromatic carbocycles. The van der Waals surface area contributed by atoms with Crippen molar-refractivity contribution in [3.8, 4) is 0 Å². The number of rotatable bonds is 7. The lowest BCUT2D eigenvalue weighted by Crippen LogP contribution is -2.48. The van der Waals surface area contributed by atoms with Crippen molar-refractivity contribution < 1.29 is 9.53 Å². The second-order valence-electron chi connectivity index (χ2n) is 4.84. The Balaban J connectivity index is 2.68. The Morgan fingerprint density at radius 1 is 1.32 bits per heavy atom. The zero-order chi connectivity index (χ0) is 14.3. The van der Waals surface area contributed by atoms with E-state index in [2.05, 4.69) is 10.2 Å². The quantitative estimate of drug-likeness (QED) is 0.765. The summed E-state index contributed by atoms with van der Waals surface area (Å²) in [5.41, 5.74) is 1.09. The minimum Gasteiger partial charge on any atom is -0.465 e. The third-order valence-corrected chi connectivity index (χ3v) is 2.76. The summed E-state index contributed by atoms with van der Waals surface area (Å²) in [5, 5.41) is 3.25. The standard InChI is InChI=1S/C15H24N2O2/c1-5-19-15(18)14(16-12(2)3)11-17(4)13-9-7-6-8-10-13/h6-10,12,14,16H,5,11H2,1-4H3. The first-order chi connectivity index (χ1) is 9.04. The molecule has 0 saturated carbocycles. The van der Waals surface area contributed by atoms with Crippen LogP contribution in [0.3, 0.4) is 0 Å². The molecular weight excluding hydrogens is 240 g/mol. The molecule has 4 heteroatoms. The van der Waals surface area contributed by atoms with Gasteiger partial charge in [0.1, 0.15) is 6.04 Å². The Labute approximate surface area is 115 Å². The summed E-state index contributed by atoms with van der Waals surface area (Å²) in [6.07, 6.45) is 0. The van der Waals surface area contributed by atoms with E-state index in [1.165, 1.54) is 0 Å². The van der Waals surface area contributed by atoms with Crippen molar-refractivity contribution in [3.05, 3.63) is 30.3 Å². The van der Waals surface area contributed by atoms with Gasteiger partial charge in [-0.2, -0.15) is 0 Å². The van der Waals surface area contributed by atoms with Crippen LogP contribution in [0, 0.1) is 0 Å². The SMILES string of the molecule is CCOC(=O)C(CN(C)c1ccccc1)NC(C)C. The minimum absolute atomic E-state index is 0.195. The van der Waals surface area contributed by atoms with Crippen LogP contribution < -0.4 is 10.2 Å². The fourth-order valence-corrected chi connectivity index (χ4v) is 1.90.